The zero-order chi connectivity index (χ0) is 16.4. The molecular weight excluding hydrogens is 280 g/mol. The molecule has 2 unspecified atom stereocenters. The fraction of sp³-hybridized carbons (Fsp3) is 0.588. The molecule has 2 atom stereocenters. The molecule has 5 heteroatoms. The van der Waals surface area contributed by atoms with Gasteiger partial charge in [-0.05, 0) is 50.4 Å². The summed E-state index contributed by atoms with van der Waals surface area (Å²) in [4.78, 5) is 14.5. The van der Waals surface area contributed by atoms with Crippen molar-refractivity contribution in [3.8, 4) is 5.75 Å². The van der Waals surface area contributed by atoms with Crippen LogP contribution in [0.3, 0.4) is 0 Å². The lowest BCUT2D eigenvalue weighted by Crippen LogP contribution is -2.51. The lowest BCUT2D eigenvalue weighted by molar-refractivity contribution is -0.128. The first-order valence-corrected chi connectivity index (χ1v) is 7.88. The van der Waals surface area contributed by atoms with E-state index >= 15 is 0 Å². The van der Waals surface area contributed by atoms with Crippen molar-refractivity contribution < 1.29 is 14.6 Å². The van der Waals surface area contributed by atoms with Gasteiger partial charge in [0.2, 0.25) is 0 Å². The predicted octanol–water partition coefficient (Wildman–Crippen LogP) is 2.23. The number of ether oxygens (including phenoxy) is 1. The van der Waals surface area contributed by atoms with Gasteiger partial charge in [0, 0.05) is 6.04 Å². The van der Waals surface area contributed by atoms with Crippen molar-refractivity contribution in [3.63, 3.8) is 0 Å². The number of aliphatic hydroxyl groups excluding tert-OH is 1. The Morgan fingerprint density at radius 3 is 2.55 bits per heavy atom. The molecule has 1 aromatic rings. The Labute approximate surface area is 132 Å². The summed E-state index contributed by atoms with van der Waals surface area (Å²) in [6, 6.07) is 5.54. The standard InChI is InChI=1S/C17H26N2O3/c1-10(2)16-17(21)19(11(3)4)13-9-12(14(20)7-8-18)5-6-15(13)22-16/h5-6,9-11,14,16,20H,7-8,18H2,1-4H3. The molecule has 1 amide bonds. The number of carbonyl (C=O) groups excluding carboxylic acids is 1. The number of benzene rings is 1. The second kappa shape index (κ2) is 6.67. The zero-order valence-electron chi connectivity index (χ0n) is 13.7. The largest absolute Gasteiger partial charge is 0.478 e. The second-order valence-corrected chi connectivity index (χ2v) is 6.40. The summed E-state index contributed by atoms with van der Waals surface area (Å²) >= 11 is 0. The van der Waals surface area contributed by atoms with Gasteiger partial charge >= 0.3 is 0 Å². The maximum atomic E-state index is 12.7. The van der Waals surface area contributed by atoms with Gasteiger partial charge in [-0.15, -0.1) is 0 Å². The summed E-state index contributed by atoms with van der Waals surface area (Å²) in [6.07, 6.45) is -0.596. The minimum atomic E-state index is -0.623. The van der Waals surface area contributed by atoms with Gasteiger partial charge in [0.1, 0.15) is 5.75 Å². The van der Waals surface area contributed by atoms with Crippen LogP contribution in [-0.4, -0.2) is 29.7 Å². The van der Waals surface area contributed by atoms with Crippen molar-refractivity contribution in [3.05, 3.63) is 23.8 Å². The second-order valence-electron chi connectivity index (χ2n) is 6.40. The third-order valence-corrected chi connectivity index (χ3v) is 3.92. The number of hydrogen-bond donors (Lipinski definition) is 2. The van der Waals surface area contributed by atoms with Gasteiger partial charge in [-0.2, -0.15) is 0 Å². The van der Waals surface area contributed by atoms with Gasteiger partial charge in [0.15, 0.2) is 6.10 Å². The summed E-state index contributed by atoms with van der Waals surface area (Å²) in [5.74, 6) is 0.767. The lowest BCUT2D eigenvalue weighted by Gasteiger charge is -2.38. The van der Waals surface area contributed by atoms with E-state index in [2.05, 4.69) is 0 Å². The number of rotatable bonds is 5. The molecule has 1 heterocycles. The first-order chi connectivity index (χ1) is 10.4. The number of nitrogens with zero attached hydrogens (tertiary/aromatic N) is 1. The van der Waals surface area contributed by atoms with Crippen molar-refractivity contribution in [1.29, 1.82) is 0 Å². The molecule has 2 rings (SSSR count). The van der Waals surface area contributed by atoms with Crippen LogP contribution in [0.1, 0.15) is 45.8 Å². The summed E-state index contributed by atoms with van der Waals surface area (Å²) in [6.45, 7) is 8.33. The normalized spacial score (nSPS) is 19.4. The average Bonchev–Trinajstić information content (AvgIpc) is 2.45. The number of fused-ring (bicyclic) bond motifs is 1. The van der Waals surface area contributed by atoms with E-state index in [1.165, 1.54) is 0 Å². The minimum Gasteiger partial charge on any atom is -0.478 e. The Hall–Kier alpha value is -1.59. The van der Waals surface area contributed by atoms with Crippen LogP contribution in [0.25, 0.3) is 0 Å². The molecular formula is C17H26N2O3. The van der Waals surface area contributed by atoms with Crippen molar-refractivity contribution >= 4 is 11.6 Å². The highest BCUT2D eigenvalue weighted by Gasteiger charge is 2.37. The molecule has 0 aliphatic carbocycles. The molecule has 0 aromatic heterocycles. The monoisotopic (exact) mass is 306 g/mol. The van der Waals surface area contributed by atoms with Gasteiger partial charge < -0.3 is 20.5 Å². The Kier molecular flexibility index (Phi) is 5.08. The Morgan fingerprint density at radius 1 is 1.32 bits per heavy atom. The smallest absolute Gasteiger partial charge is 0.268 e. The van der Waals surface area contributed by atoms with Crippen LogP contribution in [-0.2, 0) is 4.79 Å². The molecule has 122 valence electrons. The van der Waals surface area contributed by atoms with Gasteiger partial charge in [-0.3, -0.25) is 4.79 Å². The molecule has 1 aliphatic heterocycles. The number of hydrogen-bond acceptors (Lipinski definition) is 4. The van der Waals surface area contributed by atoms with Crippen molar-refractivity contribution in [1.82, 2.24) is 0 Å². The summed E-state index contributed by atoms with van der Waals surface area (Å²) < 4.78 is 5.88. The number of amides is 1. The predicted molar refractivity (Wildman–Crippen MR) is 86.9 cm³/mol. The third kappa shape index (κ3) is 3.10. The topological polar surface area (TPSA) is 75.8 Å². The Morgan fingerprint density at radius 2 is 2.00 bits per heavy atom. The molecule has 5 nitrogen and oxygen atoms in total. The molecule has 0 fully saturated rings. The van der Waals surface area contributed by atoms with E-state index in [0.29, 0.717) is 18.7 Å². The summed E-state index contributed by atoms with van der Waals surface area (Å²) in [5.41, 5.74) is 6.99. The maximum absolute atomic E-state index is 12.7. The van der Waals surface area contributed by atoms with Gasteiger partial charge in [0.05, 0.1) is 11.8 Å². The molecule has 3 N–H and O–H groups in total. The van der Waals surface area contributed by atoms with Crippen LogP contribution in [0.5, 0.6) is 5.75 Å². The van der Waals surface area contributed by atoms with E-state index in [-0.39, 0.29) is 17.9 Å². The van der Waals surface area contributed by atoms with E-state index < -0.39 is 12.2 Å². The SMILES string of the molecule is CC(C)C1Oc2ccc(C(O)CCN)cc2N(C(C)C)C1=O. The van der Waals surface area contributed by atoms with E-state index in [0.717, 1.165) is 11.3 Å². The molecule has 0 saturated heterocycles. The first-order valence-electron chi connectivity index (χ1n) is 7.88. The van der Waals surface area contributed by atoms with Crippen LogP contribution >= 0.6 is 0 Å². The number of nitrogens with two attached hydrogens (primary N) is 1. The number of carbonyl (C=O) groups is 1. The maximum Gasteiger partial charge on any atom is 0.268 e. The van der Waals surface area contributed by atoms with E-state index in [1.807, 2.05) is 45.9 Å². The summed E-state index contributed by atoms with van der Waals surface area (Å²) in [7, 11) is 0. The average molecular weight is 306 g/mol. The molecule has 1 aliphatic rings. The van der Waals surface area contributed by atoms with Crippen molar-refractivity contribution in [2.45, 2.75) is 52.4 Å². The quantitative estimate of drug-likeness (QED) is 0.874. The molecule has 0 spiro atoms. The molecule has 0 radical (unpaired) electrons. The van der Waals surface area contributed by atoms with Crippen molar-refractivity contribution in [2.75, 3.05) is 11.4 Å². The lowest BCUT2D eigenvalue weighted by atomic mass is 9.99. The van der Waals surface area contributed by atoms with E-state index in [9.17, 15) is 9.90 Å². The molecule has 22 heavy (non-hydrogen) atoms. The van der Waals surface area contributed by atoms with Crippen LogP contribution < -0.4 is 15.4 Å². The van der Waals surface area contributed by atoms with Crippen LogP contribution in [0, 0.1) is 5.92 Å². The third-order valence-electron chi connectivity index (χ3n) is 3.92. The van der Waals surface area contributed by atoms with E-state index in [4.69, 9.17) is 10.5 Å². The highest BCUT2D eigenvalue weighted by atomic mass is 16.5. The number of aliphatic hydroxyl groups is 1. The minimum absolute atomic E-state index is 0.0250. The van der Waals surface area contributed by atoms with Gasteiger partial charge in [-0.25, -0.2) is 0 Å². The van der Waals surface area contributed by atoms with Crippen molar-refractivity contribution in [2.24, 2.45) is 11.7 Å². The van der Waals surface area contributed by atoms with Crippen LogP contribution in [0.15, 0.2) is 18.2 Å². The summed E-state index contributed by atoms with van der Waals surface area (Å²) in [5, 5.41) is 10.1. The first kappa shape index (κ1) is 16.8. The fourth-order valence-electron chi connectivity index (χ4n) is 2.75. The van der Waals surface area contributed by atoms with Gasteiger partial charge in [0.25, 0.3) is 5.91 Å². The van der Waals surface area contributed by atoms with Crippen LogP contribution in [0.4, 0.5) is 5.69 Å². The number of anilines is 1. The molecule has 0 saturated carbocycles. The fourth-order valence-corrected chi connectivity index (χ4v) is 2.75. The van der Waals surface area contributed by atoms with Crippen LogP contribution in [0.2, 0.25) is 0 Å². The molecule has 0 bridgehead atoms. The Balaban J connectivity index is 2.44. The zero-order valence-corrected chi connectivity index (χ0v) is 13.7. The highest BCUT2D eigenvalue weighted by Crippen LogP contribution is 2.38. The van der Waals surface area contributed by atoms with Gasteiger partial charge in [-0.1, -0.05) is 19.9 Å². The molecule has 1 aromatic carbocycles. The highest BCUT2D eigenvalue weighted by molar-refractivity contribution is 6.00. The Bertz CT molecular complexity index is 543. The van der Waals surface area contributed by atoms with E-state index in [1.54, 1.807) is 4.90 Å².